The number of piperazine rings is 1. The SMILES string of the molecule is CCOc1c(Cl)cc(C(=O)N2CCN(Cc3ccc4c(c3)CCO4)CC2)cc1OC. The number of amides is 1. The van der Waals surface area contributed by atoms with Crippen molar-refractivity contribution in [2.75, 3.05) is 46.5 Å². The van der Waals surface area contributed by atoms with Gasteiger partial charge < -0.3 is 19.1 Å². The number of methoxy groups -OCH3 is 1. The van der Waals surface area contributed by atoms with Crippen molar-refractivity contribution in [1.82, 2.24) is 9.80 Å². The van der Waals surface area contributed by atoms with Crippen LogP contribution in [0.3, 0.4) is 0 Å². The molecule has 1 amide bonds. The lowest BCUT2D eigenvalue weighted by molar-refractivity contribution is 0.0628. The van der Waals surface area contributed by atoms with Crippen molar-refractivity contribution < 1.29 is 19.0 Å². The second-order valence-corrected chi connectivity index (χ2v) is 7.94. The predicted octanol–water partition coefficient (Wildman–Crippen LogP) is 3.64. The standard InChI is InChI=1S/C23H27ClN2O4/c1-3-29-22-19(24)13-18(14-21(22)28-2)23(27)26-9-7-25(8-10-26)15-16-4-5-20-17(12-16)6-11-30-20/h4-5,12-14H,3,6-11,15H2,1-2H3. The average molecular weight is 431 g/mol. The number of halogens is 1. The number of hydrogen-bond donors (Lipinski definition) is 0. The molecular formula is C23H27ClN2O4. The first-order chi connectivity index (χ1) is 14.6. The fourth-order valence-electron chi connectivity index (χ4n) is 4.02. The van der Waals surface area contributed by atoms with Crippen molar-refractivity contribution in [1.29, 1.82) is 0 Å². The summed E-state index contributed by atoms with van der Waals surface area (Å²) < 4.78 is 16.5. The summed E-state index contributed by atoms with van der Waals surface area (Å²) in [5.41, 5.74) is 3.11. The van der Waals surface area contributed by atoms with Gasteiger partial charge in [-0.05, 0) is 36.2 Å². The molecule has 2 aromatic carbocycles. The maximum absolute atomic E-state index is 13.0. The van der Waals surface area contributed by atoms with Crippen LogP contribution in [0.1, 0.15) is 28.4 Å². The number of fused-ring (bicyclic) bond motifs is 1. The van der Waals surface area contributed by atoms with Crippen LogP contribution in [0.25, 0.3) is 0 Å². The first-order valence-corrected chi connectivity index (χ1v) is 10.7. The Morgan fingerprint density at radius 1 is 1.17 bits per heavy atom. The fraction of sp³-hybridized carbons (Fsp3) is 0.435. The first kappa shape index (κ1) is 20.8. The zero-order valence-electron chi connectivity index (χ0n) is 17.4. The van der Waals surface area contributed by atoms with Gasteiger partial charge in [-0.15, -0.1) is 0 Å². The molecule has 0 N–H and O–H groups in total. The molecule has 1 saturated heterocycles. The van der Waals surface area contributed by atoms with E-state index in [1.54, 1.807) is 19.2 Å². The molecule has 2 aliphatic heterocycles. The van der Waals surface area contributed by atoms with E-state index in [9.17, 15) is 4.79 Å². The lowest BCUT2D eigenvalue weighted by atomic mass is 10.1. The molecule has 0 atom stereocenters. The van der Waals surface area contributed by atoms with Gasteiger partial charge in [0.05, 0.1) is 25.3 Å². The van der Waals surface area contributed by atoms with Gasteiger partial charge in [-0.1, -0.05) is 23.7 Å². The largest absolute Gasteiger partial charge is 0.493 e. The van der Waals surface area contributed by atoms with Crippen molar-refractivity contribution >= 4 is 17.5 Å². The quantitative estimate of drug-likeness (QED) is 0.700. The molecule has 0 spiro atoms. The van der Waals surface area contributed by atoms with E-state index in [0.29, 0.717) is 41.8 Å². The van der Waals surface area contributed by atoms with Gasteiger partial charge in [-0.3, -0.25) is 9.69 Å². The molecule has 4 rings (SSSR count). The van der Waals surface area contributed by atoms with Crippen LogP contribution in [-0.2, 0) is 13.0 Å². The van der Waals surface area contributed by atoms with Crippen molar-refractivity contribution in [3.8, 4) is 17.2 Å². The molecule has 0 bridgehead atoms. The van der Waals surface area contributed by atoms with E-state index in [1.807, 2.05) is 11.8 Å². The van der Waals surface area contributed by atoms with Gasteiger partial charge in [-0.25, -0.2) is 0 Å². The topological polar surface area (TPSA) is 51.2 Å². The summed E-state index contributed by atoms with van der Waals surface area (Å²) in [7, 11) is 1.55. The van der Waals surface area contributed by atoms with Gasteiger partial charge in [-0.2, -0.15) is 0 Å². The van der Waals surface area contributed by atoms with Crippen LogP contribution in [0.5, 0.6) is 17.2 Å². The minimum Gasteiger partial charge on any atom is -0.493 e. The third-order valence-electron chi connectivity index (χ3n) is 5.58. The second kappa shape index (κ2) is 9.14. The van der Waals surface area contributed by atoms with Crippen LogP contribution in [0.2, 0.25) is 5.02 Å². The van der Waals surface area contributed by atoms with E-state index < -0.39 is 0 Å². The molecule has 2 aliphatic rings. The van der Waals surface area contributed by atoms with Crippen molar-refractivity contribution in [3.63, 3.8) is 0 Å². The van der Waals surface area contributed by atoms with E-state index in [-0.39, 0.29) is 5.91 Å². The fourth-order valence-corrected chi connectivity index (χ4v) is 4.28. The van der Waals surface area contributed by atoms with Crippen molar-refractivity contribution in [2.24, 2.45) is 0 Å². The Morgan fingerprint density at radius 2 is 1.97 bits per heavy atom. The Kier molecular flexibility index (Phi) is 6.35. The molecule has 0 radical (unpaired) electrons. The zero-order valence-corrected chi connectivity index (χ0v) is 18.2. The van der Waals surface area contributed by atoms with Crippen LogP contribution in [0.4, 0.5) is 0 Å². The lowest BCUT2D eigenvalue weighted by Crippen LogP contribution is -2.48. The van der Waals surface area contributed by atoms with E-state index in [0.717, 1.165) is 38.4 Å². The van der Waals surface area contributed by atoms with E-state index in [4.69, 9.17) is 25.8 Å². The average Bonchev–Trinajstić information content (AvgIpc) is 3.23. The summed E-state index contributed by atoms with van der Waals surface area (Å²) in [5.74, 6) is 1.93. The number of hydrogen-bond acceptors (Lipinski definition) is 5. The number of ether oxygens (including phenoxy) is 3. The molecule has 7 heteroatoms. The summed E-state index contributed by atoms with van der Waals surface area (Å²) >= 11 is 6.34. The van der Waals surface area contributed by atoms with Gasteiger partial charge in [0.15, 0.2) is 11.5 Å². The molecule has 6 nitrogen and oxygen atoms in total. The minimum absolute atomic E-state index is 0.0347. The van der Waals surface area contributed by atoms with Crippen LogP contribution in [0, 0.1) is 0 Å². The highest BCUT2D eigenvalue weighted by molar-refractivity contribution is 6.32. The van der Waals surface area contributed by atoms with Crippen LogP contribution in [-0.4, -0.2) is 62.2 Å². The number of carbonyl (C=O) groups excluding carboxylic acids is 1. The third kappa shape index (κ3) is 4.35. The summed E-state index contributed by atoms with van der Waals surface area (Å²) in [6.07, 6.45) is 0.986. The Morgan fingerprint density at radius 3 is 2.70 bits per heavy atom. The zero-order chi connectivity index (χ0) is 21.1. The maximum atomic E-state index is 13.0. The highest BCUT2D eigenvalue weighted by atomic mass is 35.5. The van der Waals surface area contributed by atoms with Crippen molar-refractivity contribution in [2.45, 2.75) is 19.9 Å². The normalized spacial score (nSPS) is 16.2. The minimum atomic E-state index is -0.0347. The summed E-state index contributed by atoms with van der Waals surface area (Å²) in [5, 5.41) is 0.388. The molecule has 160 valence electrons. The second-order valence-electron chi connectivity index (χ2n) is 7.53. The van der Waals surface area contributed by atoms with Gasteiger partial charge in [0.2, 0.25) is 0 Å². The Labute approximate surface area is 182 Å². The number of nitrogens with zero attached hydrogens (tertiary/aromatic N) is 2. The van der Waals surface area contributed by atoms with Gasteiger partial charge >= 0.3 is 0 Å². The molecule has 0 unspecified atom stereocenters. The van der Waals surface area contributed by atoms with Crippen LogP contribution < -0.4 is 14.2 Å². The third-order valence-corrected chi connectivity index (χ3v) is 5.87. The number of benzene rings is 2. The van der Waals surface area contributed by atoms with E-state index >= 15 is 0 Å². The van der Waals surface area contributed by atoms with Gasteiger partial charge in [0, 0.05) is 44.7 Å². The van der Waals surface area contributed by atoms with Crippen molar-refractivity contribution in [3.05, 3.63) is 52.0 Å². The molecular weight excluding hydrogens is 404 g/mol. The Hall–Kier alpha value is -2.44. The molecule has 0 aromatic heterocycles. The summed E-state index contributed by atoms with van der Waals surface area (Å²) in [4.78, 5) is 17.3. The molecule has 30 heavy (non-hydrogen) atoms. The summed E-state index contributed by atoms with van der Waals surface area (Å²) in [6.45, 7) is 7.05. The first-order valence-electron chi connectivity index (χ1n) is 10.4. The van der Waals surface area contributed by atoms with Gasteiger partial charge in [0.1, 0.15) is 5.75 Å². The van der Waals surface area contributed by atoms with E-state index in [1.165, 1.54) is 11.1 Å². The Balaban J connectivity index is 1.38. The van der Waals surface area contributed by atoms with Crippen LogP contribution >= 0.6 is 11.6 Å². The molecule has 0 saturated carbocycles. The molecule has 2 aromatic rings. The van der Waals surface area contributed by atoms with Gasteiger partial charge in [0.25, 0.3) is 5.91 Å². The highest BCUT2D eigenvalue weighted by Gasteiger charge is 2.24. The lowest BCUT2D eigenvalue weighted by Gasteiger charge is -2.35. The molecule has 1 fully saturated rings. The Bertz CT molecular complexity index is 926. The summed E-state index contributed by atoms with van der Waals surface area (Å²) in [6, 6.07) is 9.82. The highest BCUT2D eigenvalue weighted by Crippen LogP contribution is 2.36. The number of rotatable bonds is 6. The monoisotopic (exact) mass is 430 g/mol. The molecule has 2 heterocycles. The predicted molar refractivity (Wildman–Crippen MR) is 116 cm³/mol. The van der Waals surface area contributed by atoms with E-state index in [2.05, 4.69) is 23.1 Å². The number of carbonyl (C=O) groups is 1. The smallest absolute Gasteiger partial charge is 0.254 e. The maximum Gasteiger partial charge on any atom is 0.254 e. The molecule has 0 aliphatic carbocycles. The van der Waals surface area contributed by atoms with Crippen LogP contribution in [0.15, 0.2) is 30.3 Å².